The van der Waals surface area contributed by atoms with Gasteiger partial charge in [-0.3, -0.25) is 4.79 Å². The van der Waals surface area contributed by atoms with Gasteiger partial charge in [-0.25, -0.2) is 0 Å². The zero-order valence-corrected chi connectivity index (χ0v) is 10.4. The first-order valence-electron chi connectivity index (χ1n) is 5.50. The van der Waals surface area contributed by atoms with Crippen LogP contribution in [-0.2, 0) is 4.79 Å². The van der Waals surface area contributed by atoms with Crippen molar-refractivity contribution in [2.45, 2.75) is 47.5 Å². The molecule has 0 heterocycles. The van der Waals surface area contributed by atoms with Crippen LogP contribution in [0.25, 0.3) is 0 Å². The Bertz CT molecular complexity index is 353. The average Bonchev–Trinajstić information content (AvgIpc) is 2.06. The van der Waals surface area contributed by atoms with Gasteiger partial charge in [-0.1, -0.05) is 31.8 Å². The summed E-state index contributed by atoms with van der Waals surface area (Å²) in [7, 11) is 0. The molecule has 0 aromatic rings. The third-order valence-corrected chi connectivity index (χ3v) is 2.55. The molecule has 0 radical (unpaired) electrons. The molecule has 1 nitrogen and oxygen atoms in total. The second-order valence-electron chi connectivity index (χ2n) is 5.87. The van der Waals surface area contributed by atoms with Crippen LogP contribution in [0.3, 0.4) is 0 Å². The van der Waals surface area contributed by atoms with E-state index in [9.17, 15) is 4.79 Å². The summed E-state index contributed by atoms with van der Waals surface area (Å²) in [5, 5.41) is 0. The first kappa shape index (κ1) is 12.0. The van der Waals surface area contributed by atoms with Crippen LogP contribution in [0.15, 0.2) is 11.6 Å². The Morgan fingerprint density at radius 2 is 1.93 bits per heavy atom. The third kappa shape index (κ3) is 3.23. The lowest BCUT2D eigenvalue weighted by Crippen LogP contribution is -2.28. The van der Waals surface area contributed by atoms with E-state index in [-0.39, 0.29) is 16.6 Å². The minimum absolute atomic E-state index is 0.0390. The quantitative estimate of drug-likeness (QED) is 0.553. The summed E-state index contributed by atoms with van der Waals surface area (Å²) in [4.78, 5) is 12.0. The van der Waals surface area contributed by atoms with Gasteiger partial charge in [0.2, 0.25) is 0 Å². The van der Waals surface area contributed by atoms with Crippen LogP contribution in [-0.4, -0.2) is 5.78 Å². The summed E-state index contributed by atoms with van der Waals surface area (Å²) >= 11 is 0. The lowest BCUT2D eigenvalue weighted by atomic mass is 9.76. The maximum absolute atomic E-state index is 12.0. The Morgan fingerprint density at radius 3 is 2.47 bits per heavy atom. The Morgan fingerprint density at radius 1 is 1.33 bits per heavy atom. The molecule has 0 aromatic heterocycles. The van der Waals surface area contributed by atoms with Crippen LogP contribution < -0.4 is 0 Å². The molecule has 1 heteroatoms. The molecular formula is C14H20O. The van der Waals surface area contributed by atoms with Gasteiger partial charge in [0, 0.05) is 10.8 Å². The maximum Gasteiger partial charge on any atom is 0.176 e. The Kier molecular flexibility index (Phi) is 3.09. The zero-order chi connectivity index (χ0) is 11.7. The van der Waals surface area contributed by atoms with Crippen LogP contribution >= 0.6 is 0 Å². The summed E-state index contributed by atoms with van der Waals surface area (Å²) in [5.41, 5.74) is 0.445. The molecule has 0 bridgehead atoms. The number of carbonyl (C=O) groups is 1. The molecule has 15 heavy (non-hydrogen) atoms. The molecule has 0 spiro atoms. The highest BCUT2D eigenvalue weighted by Gasteiger charge is 2.31. The fourth-order valence-electron chi connectivity index (χ4n) is 1.51. The van der Waals surface area contributed by atoms with E-state index in [1.54, 1.807) is 0 Å². The minimum Gasteiger partial charge on any atom is -0.293 e. The molecule has 0 fully saturated rings. The van der Waals surface area contributed by atoms with Crippen molar-refractivity contribution in [3.05, 3.63) is 11.6 Å². The first-order chi connectivity index (χ1) is 6.72. The number of hydrogen-bond donors (Lipinski definition) is 0. The monoisotopic (exact) mass is 204 g/mol. The predicted molar refractivity (Wildman–Crippen MR) is 63.3 cm³/mol. The largest absolute Gasteiger partial charge is 0.293 e. The molecule has 0 amide bonds. The van der Waals surface area contributed by atoms with E-state index in [4.69, 9.17) is 0 Å². The molecule has 1 aliphatic rings. The van der Waals surface area contributed by atoms with Crippen molar-refractivity contribution in [2.24, 2.45) is 10.8 Å². The highest BCUT2D eigenvalue weighted by atomic mass is 16.1. The van der Waals surface area contributed by atoms with Gasteiger partial charge in [-0.15, -0.1) is 0 Å². The van der Waals surface area contributed by atoms with Crippen LogP contribution in [0.2, 0.25) is 0 Å². The van der Waals surface area contributed by atoms with E-state index in [1.165, 1.54) is 0 Å². The highest BCUT2D eigenvalue weighted by Crippen LogP contribution is 2.31. The summed E-state index contributed by atoms with van der Waals surface area (Å²) in [6, 6.07) is 0. The zero-order valence-electron chi connectivity index (χ0n) is 10.4. The first-order valence-corrected chi connectivity index (χ1v) is 5.50. The molecule has 0 unspecified atom stereocenters. The fraction of sp³-hybridized carbons (Fsp3) is 0.643. The van der Waals surface area contributed by atoms with Crippen molar-refractivity contribution < 1.29 is 4.79 Å². The maximum atomic E-state index is 12.0. The molecule has 0 aromatic carbocycles. The van der Waals surface area contributed by atoms with Crippen molar-refractivity contribution in [3.8, 4) is 11.8 Å². The third-order valence-electron chi connectivity index (χ3n) is 2.55. The van der Waals surface area contributed by atoms with Gasteiger partial charge < -0.3 is 0 Å². The molecule has 0 atom stereocenters. The average molecular weight is 204 g/mol. The van der Waals surface area contributed by atoms with Gasteiger partial charge in [-0.05, 0) is 33.6 Å². The summed E-state index contributed by atoms with van der Waals surface area (Å²) in [6.45, 7) is 10.2. The van der Waals surface area contributed by atoms with Crippen molar-refractivity contribution >= 4 is 5.78 Å². The van der Waals surface area contributed by atoms with E-state index in [1.807, 2.05) is 19.9 Å². The minimum atomic E-state index is -0.226. The van der Waals surface area contributed by atoms with Crippen molar-refractivity contribution in [1.29, 1.82) is 0 Å². The van der Waals surface area contributed by atoms with Crippen molar-refractivity contribution in [2.75, 3.05) is 0 Å². The summed E-state index contributed by atoms with van der Waals surface area (Å²) in [6.07, 6.45) is 3.88. The van der Waals surface area contributed by atoms with E-state index in [2.05, 4.69) is 32.6 Å². The molecule has 0 aliphatic heterocycles. The van der Waals surface area contributed by atoms with Gasteiger partial charge in [-0.2, -0.15) is 0 Å². The van der Waals surface area contributed by atoms with Crippen LogP contribution in [0.4, 0.5) is 0 Å². The lowest BCUT2D eigenvalue weighted by Gasteiger charge is -2.26. The van der Waals surface area contributed by atoms with Gasteiger partial charge in [0.25, 0.3) is 0 Å². The SMILES string of the molecule is CC(C)(C)C#CC1=CCCC(C)(C)C1=O. The van der Waals surface area contributed by atoms with Crippen LogP contribution in [0, 0.1) is 22.7 Å². The molecule has 0 saturated carbocycles. The Labute approximate surface area is 92.9 Å². The van der Waals surface area contributed by atoms with Crippen LogP contribution in [0.5, 0.6) is 0 Å². The molecule has 82 valence electrons. The second-order valence-corrected chi connectivity index (χ2v) is 5.87. The molecular weight excluding hydrogens is 184 g/mol. The summed E-state index contributed by atoms with van der Waals surface area (Å²) in [5.74, 6) is 6.35. The normalized spacial score (nSPS) is 20.3. The van der Waals surface area contributed by atoms with Crippen molar-refractivity contribution in [3.63, 3.8) is 0 Å². The van der Waals surface area contributed by atoms with Crippen molar-refractivity contribution in [1.82, 2.24) is 0 Å². The number of carbonyl (C=O) groups excluding carboxylic acids is 1. The van der Waals surface area contributed by atoms with Crippen LogP contribution in [0.1, 0.15) is 47.5 Å². The van der Waals surface area contributed by atoms with Gasteiger partial charge >= 0.3 is 0 Å². The Balaban J connectivity index is 2.92. The molecule has 1 aliphatic carbocycles. The fourth-order valence-corrected chi connectivity index (χ4v) is 1.51. The number of Topliss-reactive ketones (excluding diaryl/α,β-unsaturated/α-hetero) is 1. The Hall–Kier alpha value is -1.03. The molecule has 1 rings (SSSR count). The van der Waals surface area contributed by atoms with E-state index < -0.39 is 0 Å². The number of rotatable bonds is 0. The smallest absolute Gasteiger partial charge is 0.176 e. The topological polar surface area (TPSA) is 17.1 Å². The van der Waals surface area contributed by atoms with Gasteiger partial charge in [0.1, 0.15) is 0 Å². The number of allylic oxidation sites excluding steroid dienone is 2. The number of hydrogen-bond acceptors (Lipinski definition) is 1. The standard InChI is InChI=1S/C14H20O/c1-13(2,3)10-8-11-7-6-9-14(4,5)12(11)15/h7H,6,9H2,1-5H3. The van der Waals surface area contributed by atoms with E-state index in [0.29, 0.717) is 5.57 Å². The predicted octanol–water partition coefficient (Wildman–Crippen LogP) is 3.35. The molecule has 0 N–H and O–H groups in total. The van der Waals surface area contributed by atoms with E-state index in [0.717, 1.165) is 12.8 Å². The van der Waals surface area contributed by atoms with Gasteiger partial charge in [0.05, 0.1) is 5.57 Å². The second kappa shape index (κ2) is 3.85. The number of ketones is 1. The van der Waals surface area contributed by atoms with Gasteiger partial charge in [0.15, 0.2) is 5.78 Å². The summed E-state index contributed by atoms with van der Waals surface area (Å²) < 4.78 is 0. The lowest BCUT2D eigenvalue weighted by molar-refractivity contribution is -0.123. The van der Waals surface area contributed by atoms with E-state index >= 15 is 0 Å². The highest BCUT2D eigenvalue weighted by molar-refractivity contribution is 6.03. The molecule has 0 saturated heterocycles.